The molecular formula is C22H26N2O2. The van der Waals surface area contributed by atoms with Crippen LogP contribution in [0.3, 0.4) is 0 Å². The van der Waals surface area contributed by atoms with Crippen molar-refractivity contribution in [2.24, 2.45) is 0 Å². The molecule has 2 amide bonds. The highest BCUT2D eigenvalue weighted by Gasteiger charge is 2.29. The van der Waals surface area contributed by atoms with Gasteiger partial charge in [-0.1, -0.05) is 59.7 Å². The van der Waals surface area contributed by atoms with E-state index in [2.05, 4.69) is 50.2 Å². The summed E-state index contributed by atoms with van der Waals surface area (Å²) in [5.41, 5.74) is 4.83. The largest absolute Gasteiger partial charge is 0.332 e. The summed E-state index contributed by atoms with van der Waals surface area (Å²) in [7, 11) is 0. The molecule has 1 heterocycles. The molecule has 0 aliphatic carbocycles. The Kier molecular flexibility index (Phi) is 5.71. The maximum atomic E-state index is 12.4. The number of amides is 2. The number of aryl methyl sites for hydroxylation is 2. The maximum absolute atomic E-state index is 12.4. The van der Waals surface area contributed by atoms with E-state index in [9.17, 15) is 9.59 Å². The van der Waals surface area contributed by atoms with Gasteiger partial charge in [0.1, 0.15) is 0 Å². The lowest BCUT2D eigenvalue weighted by Gasteiger charge is -2.34. The Morgan fingerprint density at radius 1 is 0.731 bits per heavy atom. The summed E-state index contributed by atoms with van der Waals surface area (Å²) in [5.74, 6) is 0.0861. The van der Waals surface area contributed by atoms with Crippen molar-refractivity contribution in [3.63, 3.8) is 0 Å². The third kappa shape index (κ3) is 4.72. The maximum Gasteiger partial charge on any atom is 0.242 e. The van der Waals surface area contributed by atoms with Gasteiger partial charge in [-0.05, 0) is 37.8 Å². The highest BCUT2D eigenvalue weighted by atomic mass is 16.2. The van der Waals surface area contributed by atoms with Crippen LogP contribution in [0, 0.1) is 13.8 Å². The fraction of sp³-hybridized carbons (Fsp3) is 0.364. The molecule has 1 aliphatic rings. The first kappa shape index (κ1) is 18.2. The molecule has 2 aromatic carbocycles. The molecule has 0 spiro atoms. The van der Waals surface area contributed by atoms with Crippen molar-refractivity contribution in [3.8, 4) is 0 Å². The van der Waals surface area contributed by atoms with Gasteiger partial charge in [-0.2, -0.15) is 0 Å². The molecule has 0 unspecified atom stereocenters. The van der Waals surface area contributed by atoms with Crippen LogP contribution in [0.2, 0.25) is 0 Å². The Hall–Kier alpha value is -2.62. The van der Waals surface area contributed by atoms with Crippen LogP contribution in [0.5, 0.6) is 0 Å². The van der Waals surface area contributed by atoms with Gasteiger partial charge < -0.3 is 9.80 Å². The first-order valence-electron chi connectivity index (χ1n) is 9.18. The van der Waals surface area contributed by atoms with Gasteiger partial charge >= 0.3 is 0 Å². The first-order valence-corrected chi connectivity index (χ1v) is 9.18. The number of nitrogens with zero attached hydrogens (tertiary/aromatic N) is 2. The highest BCUT2D eigenvalue weighted by molar-refractivity contribution is 5.92. The molecule has 0 radical (unpaired) electrons. The van der Waals surface area contributed by atoms with Crippen LogP contribution in [0.25, 0.3) is 0 Å². The average molecular weight is 350 g/mol. The zero-order valence-corrected chi connectivity index (χ0v) is 15.6. The van der Waals surface area contributed by atoms with Crippen molar-refractivity contribution in [1.29, 1.82) is 0 Å². The molecule has 1 fully saturated rings. The second-order valence-electron chi connectivity index (χ2n) is 7.11. The van der Waals surface area contributed by atoms with Gasteiger partial charge in [0, 0.05) is 13.1 Å². The number of benzene rings is 2. The van der Waals surface area contributed by atoms with Crippen LogP contribution >= 0.6 is 0 Å². The Morgan fingerprint density at radius 2 is 1.15 bits per heavy atom. The minimum atomic E-state index is 0.0431. The molecule has 0 aromatic heterocycles. The second-order valence-corrected chi connectivity index (χ2v) is 7.11. The van der Waals surface area contributed by atoms with Crippen molar-refractivity contribution >= 4 is 11.8 Å². The number of rotatable bonds is 6. The molecule has 0 bridgehead atoms. The number of hydrogen-bond donors (Lipinski definition) is 0. The minimum Gasteiger partial charge on any atom is -0.332 e. The van der Waals surface area contributed by atoms with Gasteiger partial charge in [-0.15, -0.1) is 0 Å². The minimum absolute atomic E-state index is 0.0431. The lowest BCUT2D eigenvalue weighted by atomic mass is 10.1. The Morgan fingerprint density at radius 3 is 1.54 bits per heavy atom. The average Bonchev–Trinajstić information content (AvgIpc) is 2.61. The van der Waals surface area contributed by atoms with E-state index in [4.69, 9.17) is 0 Å². The molecule has 136 valence electrons. The molecule has 0 atom stereocenters. The van der Waals surface area contributed by atoms with Gasteiger partial charge in [-0.25, -0.2) is 0 Å². The number of carbonyl (C=O) groups is 2. The van der Waals surface area contributed by atoms with Crippen LogP contribution < -0.4 is 0 Å². The molecule has 3 rings (SSSR count). The van der Waals surface area contributed by atoms with Gasteiger partial charge in [-0.3, -0.25) is 9.59 Å². The van der Waals surface area contributed by atoms with E-state index >= 15 is 0 Å². The molecule has 1 aliphatic heterocycles. The fourth-order valence-corrected chi connectivity index (χ4v) is 3.37. The Balaban J connectivity index is 1.52. The normalized spacial score (nSPS) is 14.8. The quantitative estimate of drug-likeness (QED) is 0.804. The third-order valence-electron chi connectivity index (χ3n) is 4.86. The monoisotopic (exact) mass is 350 g/mol. The van der Waals surface area contributed by atoms with E-state index in [1.165, 1.54) is 22.3 Å². The van der Waals surface area contributed by atoms with E-state index in [1.54, 1.807) is 9.80 Å². The van der Waals surface area contributed by atoms with E-state index in [0.717, 1.165) is 12.8 Å². The summed E-state index contributed by atoms with van der Waals surface area (Å²) in [6, 6.07) is 16.6. The summed E-state index contributed by atoms with van der Waals surface area (Å²) in [4.78, 5) is 28.2. The zero-order valence-electron chi connectivity index (χ0n) is 15.6. The SMILES string of the molecule is Cc1cccc(CCN2CC(=O)N(CCc3cccc(C)c3)CC2=O)c1. The fourth-order valence-electron chi connectivity index (χ4n) is 3.37. The van der Waals surface area contributed by atoms with Crippen LogP contribution in [-0.2, 0) is 22.4 Å². The third-order valence-corrected chi connectivity index (χ3v) is 4.86. The lowest BCUT2D eigenvalue weighted by molar-refractivity contribution is -0.150. The summed E-state index contributed by atoms with van der Waals surface area (Å²) in [6.45, 7) is 5.70. The van der Waals surface area contributed by atoms with Crippen molar-refractivity contribution in [3.05, 3.63) is 70.8 Å². The first-order chi connectivity index (χ1) is 12.5. The number of carbonyl (C=O) groups excluding carboxylic acids is 2. The Labute approximate surface area is 155 Å². The summed E-state index contributed by atoms with van der Waals surface area (Å²) >= 11 is 0. The van der Waals surface area contributed by atoms with Crippen LogP contribution in [-0.4, -0.2) is 47.8 Å². The smallest absolute Gasteiger partial charge is 0.242 e. The molecular weight excluding hydrogens is 324 g/mol. The van der Waals surface area contributed by atoms with Gasteiger partial charge in [0.2, 0.25) is 11.8 Å². The molecule has 26 heavy (non-hydrogen) atoms. The van der Waals surface area contributed by atoms with E-state index in [1.807, 2.05) is 12.1 Å². The number of hydrogen-bond acceptors (Lipinski definition) is 2. The molecule has 4 heteroatoms. The lowest BCUT2D eigenvalue weighted by Crippen LogP contribution is -2.54. The van der Waals surface area contributed by atoms with Gasteiger partial charge in [0.15, 0.2) is 0 Å². The van der Waals surface area contributed by atoms with Crippen LogP contribution in [0.15, 0.2) is 48.5 Å². The molecule has 0 N–H and O–H groups in total. The summed E-state index contributed by atoms with van der Waals surface area (Å²) in [6.07, 6.45) is 1.56. The predicted octanol–water partition coefficient (Wildman–Crippen LogP) is 2.76. The highest BCUT2D eigenvalue weighted by Crippen LogP contribution is 2.11. The predicted molar refractivity (Wildman–Crippen MR) is 103 cm³/mol. The standard InChI is InChI=1S/C22H26N2O2/c1-17-5-3-7-19(13-17)9-11-23-15-22(26)24(16-21(23)25)12-10-20-8-4-6-18(2)14-20/h3-8,13-14H,9-12,15-16H2,1-2H3. The van der Waals surface area contributed by atoms with Crippen LogP contribution in [0.4, 0.5) is 0 Å². The van der Waals surface area contributed by atoms with Crippen LogP contribution in [0.1, 0.15) is 22.3 Å². The van der Waals surface area contributed by atoms with E-state index in [0.29, 0.717) is 13.1 Å². The van der Waals surface area contributed by atoms with Crippen molar-refractivity contribution < 1.29 is 9.59 Å². The van der Waals surface area contributed by atoms with E-state index < -0.39 is 0 Å². The summed E-state index contributed by atoms with van der Waals surface area (Å²) in [5, 5.41) is 0. The van der Waals surface area contributed by atoms with Gasteiger partial charge in [0.05, 0.1) is 13.1 Å². The van der Waals surface area contributed by atoms with Crippen molar-refractivity contribution in [2.45, 2.75) is 26.7 Å². The molecule has 0 saturated carbocycles. The molecule has 2 aromatic rings. The molecule has 4 nitrogen and oxygen atoms in total. The Bertz CT molecular complexity index is 733. The van der Waals surface area contributed by atoms with E-state index in [-0.39, 0.29) is 24.9 Å². The number of piperazine rings is 1. The topological polar surface area (TPSA) is 40.6 Å². The van der Waals surface area contributed by atoms with Gasteiger partial charge in [0.25, 0.3) is 0 Å². The van der Waals surface area contributed by atoms with Crippen molar-refractivity contribution in [2.75, 3.05) is 26.2 Å². The second kappa shape index (κ2) is 8.17. The molecule has 1 saturated heterocycles. The summed E-state index contributed by atoms with van der Waals surface area (Å²) < 4.78 is 0. The van der Waals surface area contributed by atoms with Crippen molar-refractivity contribution in [1.82, 2.24) is 9.80 Å². The zero-order chi connectivity index (χ0) is 18.5.